The maximum absolute atomic E-state index is 5.96. The van der Waals surface area contributed by atoms with E-state index in [9.17, 15) is 0 Å². The molecule has 0 fully saturated rings. The molecule has 1 aromatic carbocycles. The predicted octanol–water partition coefficient (Wildman–Crippen LogP) is 2.97. The summed E-state index contributed by atoms with van der Waals surface area (Å²) in [5.74, 6) is 1.41. The average Bonchev–Trinajstić information content (AvgIpc) is 2.20. The molecule has 0 spiro atoms. The Morgan fingerprint density at radius 1 is 1.06 bits per heavy atom. The summed E-state index contributed by atoms with van der Waals surface area (Å²) >= 11 is 0. The van der Waals surface area contributed by atoms with Gasteiger partial charge in [0, 0.05) is 6.04 Å². The first-order chi connectivity index (χ1) is 7.41. The summed E-state index contributed by atoms with van der Waals surface area (Å²) in [6.45, 7) is 11.1. The third kappa shape index (κ3) is 3.24. The van der Waals surface area contributed by atoms with Gasteiger partial charge in [0.05, 0.1) is 0 Å². The Kier molecular flexibility index (Phi) is 4.36. The van der Waals surface area contributed by atoms with E-state index in [1.165, 1.54) is 16.7 Å². The molecule has 0 saturated carbocycles. The van der Waals surface area contributed by atoms with Crippen molar-refractivity contribution in [1.29, 1.82) is 0 Å². The van der Waals surface area contributed by atoms with Crippen molar-refractivity contribution in [2.75, 3.05) is 6.61 Å². The quantitative estimate of drug-likeness (QED) is 0.848. The molecule has 0 aliphatic heterocycles. The number of ether oxygens (including phenoxy) is 1. The van der Waals surface area contributed by atoms with Crippen molar-refractivity contribution in [2.24, 2.45) is 11.7 Å². The van der Waals surface area contributed by atoms with Crippen LogP contribution in [0.3, 0.4) is 0 Å². The summed E-state index contributed by atoms with van der Waals surface area (Å²) in [6.07, 6.45) is 0. The summed E-state index contributed by atoms with van der Waals surface area (Å²) in [5.41, 5.74) is 9.70. The second-order valence-electron chi connectivity index (χ2n) is 4.92. The van der Waals surface area contributed by atoms with Gasteiger partial charge in [-0.25, -0.2) is 0 Å². The molecule has 90 valence electrons. The van der Waals surface area contributed by atoms with Crippen LogP contribution in [0.2, 0.25) is 0 Å². The molecule has 2 nitrogen and oxygen atoms in total. The largest absolute Gasteiger partial charge is 0.492 e. The maximum atomic E-state index is 5.96. The van der Waals surface area contributed by atoms with Gasteiger partial charge in [0.15, 0.2) is 0 Å². The predicted molar refractivity (Wildman–Crippen MR) is 69.0 cm³/mol. The van der Waals surface area contributed by atoms with Crippen LogP contribution in [-0.2, 0) is 0 Å². The zero-order valence-corrected chi connectivity index (χ0v) is 11.0. The molecule has 0 saturated heterocycles. The summed E-state index contributed by atoms with van der Waals surface area (Å²) in [7, 11) is 0. The molecular formula is C14H23NO. The fourth-order valence-corrected chi connectivity index (χ4v) is 1.47. The summed E-state index contributed by atoms with van der Waals surface area (Å²) in [6, 6.07) is 4.35. The van der Waals surface area contributed by atoms with Gasteiger partial charge < -0.3 is 10.5 Å². The Hall–Kier alpha value is -1.02. The van der Waals surface area contributed by atoms with Crippen LogP contribution >= 0.6 is 0 Å². The molecule has 0 radical (unpaired) electrons. The van der Waals surface area contributed by atoms with Crippen molar-refractivity contribution in [2.45, 2.75) is 40.7 Å². The Labute approximate surface area is 98.8 Å². The lowest BCUT2D eigenvalue weighted by Crippen LogP contribution is -2.33. The van der Waals surface area contributed by atoms with Gasteiger partial charge in [-0.2, -0.15) is 0 Å². The van der Waals surface area contributed by atoms with E-state index in [1.54, 1.807) is 0 Å². The van der Waals surface area contributed by atoms with Gasteiger partial charge in [0.25, 0.3) is 0 Å². The summed E-state index contributed by atoms with van der Waals surface area (Å²) < 4.78 is 5.77. The van der Waals surface area contributed by atoms with Crippen molar-refractivity contribution in [3.05, 3.63) is 28.8 Å². The topological polar surface area (TPSA) is 35.2 Å². The molecule has 16 heavy (non-hydrogen) atoms. The van der Waals surface area contributed by atoms with Gasteiger partial charge in [-0.1, -0.05) is 19.9 Å². The van der Waals surface area contributed by atoms with Gasteiger partial charge in [-0.05, 0) is 49.4 Å². The van der Waals surface area contributed by atoms with E-state index < -0.39 is 0 Å². The molecule has 0 amide bonds. The average molecular weight is 221 g/mol. The number of hydrogen-bond acceptors (Lipinski definition) is 2. The number of rotatable bonds is 4. The fraction of sp³-hybridized carbons (Fsp3) is 0.571. The highest BCUT2D eigenvalue weighted by Gasteiger charge is 2.09. The molecule has 1 aromatic rings. The van der Waals surface area contributed by atoms with Crippen LogP contribution in [0.15, 0.2) is 12.1 Å². The highest BCUT2D eigenvalue weighted by molar-refractivity contribution is 5.40. The zero-order valence-electron chi connectivity index (χ0n) is 11.0. The highest BCUT2D eigenvalue weighted by Crippen LogP contribution is 2.22. The zero-order chi connectivity index (χ0) is 12.3. The van der Waals surface area contributed by atoms with Crippen molar-refractivity contribution in [3.63, 3.8) is 0 Å². The first-order valence-electron chi connectivity index (χ1n) is 5.88. The molecule has 0 heterocycles. The van der Waals surface area contributed by atoms with Crippen molar-refractivity contribution >= 4 is 0 Å². The van der Waals surface area contributed by atoms with Crippen molar-refractivity contribution in [3.8, 4) is 5.75 Å². The van der Waals surface area contributed by atoms with Crippen molar-refractivity contribution < 1.29 is 4.74 Å². The Bertz CT molecular complexity index is 358. The van der Waals surface area contributed by atoms with Crippen LogP contribution in [0.1, 0.15) is 30.5 Å². The van der Waals surface area contributed by atoms with E-state index >= 15 is 0 Å². The maximum Gasteiger partial charge on any atom is 0.122 e. The van der Waals surface area contributed by atoms with E-state index in [-0.39, 0.29) is 6.04 Å². The Morgan fingerprint density at radius 2 is 1.62 bits per heavy atom. The first-order valence-corrected chi connectivity index (χ1v) is 5.88. The fourth-order valence-electron chi connectivity index (χ4n) is 1.47. The third-order valence-corrected chi connectivity index (χ3v) is 3.08. The van der Waals surface area contributed by atoms with Gasteiger partial charge >= 0.3 is 0 Å². The van der Waals surface area contributed by atoms with E-state index in [2.05, 4.69) is 46.8 Å². The van der Waals surface area contributed by atoms with E-state index in [4.69, 9.17) is 10.5 Å². The molecule has 0 aliphatic rings. The molecule has 0 bridgehead atoms. The van der Waals surface area contributed by atoms with Gasteiger partial charge in [-0.3, -0.25) is 0 Å². The SMILES string of the molecule is Cc1cc(C)c(OC[C@H](N)C(C)C)cc1C. The molecule has 0 aliphatic carbocycles. The molecule has 0 aromatic heterocycles. The summed E-state index contributed by atoms with van der Waals surface area (Å²) in [5, 5.41) is 0. The smallest absolute Gasteiger partial charge is 0.122 e. The summed E-state index contributed by atoms with van der Waals surface area (Å²) in [4.78, 5) is 0. The lowest BCUT2D eigenvalue weighted by atomic mass is 10.1. The Morgan fingerprint density at radius 3 is 2.19 bits per heavy atom. The van der Waals surface area contributed by atoms with E-state index in [0.29, 0.717) is 12.5 Å². The minimum absolute atomic E-state index is 0.0982. The number of nitrogens with two attached hydrogens (primary N) is 1. The minimum atomic E-state index is 0.0982. The minimum Gasteiger partial charge on any atom is -0.492 e. The number of benzene rings is 1. The van der Waals surface area contributed by atoms with Crippen LogP contribution in [0.5, 0.6) is 5.75 Å². The number of hydrogen-bond donors (Lipinski definition) is 1. The lowest BCUT2D eigenvalue weighted by Gasteiger charge is -2.18. The van der Waals surface area contributed by atoms with Crippen LogP contribution in [0.25, 0.3) is 0 Å². The normalized spacial score (nSPS) is 12.9. The van der Waals surface area contributed by atoms with Gasteiger partial charge in [-0.15, -0.1) is 0 Å². The molecule has 2 heteroatoms. The monoisotopic (exact) mass is 221 g/mol. The highest BCUT2D eigenvalue weighted by atomic mass is 16.5. The molecule has 0 unspecified atom stereocenters. The molecule has 1 atom stereocenters. The second-order valence-corrected chi connectivity index (χ2v) is 4.92. The van der Waals surface area contributed by atoms with E-state index in [1.807, 2.05) is 0 Å². The first kappa shape index (κ1) is 13.0. The van der Waals surface area contributed by atoms with Gasteiger partial charge in [0.2, 0.25) is 0 Å². The second kappa shape index (κ2) is 5.35. The van der Waals surface area contributed by atoms with Crippen LogP contribution in [0, 0.1) is 26.7 Å². The van der Waals surface area contributed by atoms with Crippen LogP contribution in [0.4, 0.5) is 0 Å². The van der Waals surface area contributed by atoms with Crippen LogP contribution in [-0.4, -0.2) is 12.6 Å². The molecule has 2 N–H and O–H groups in total. The standard InChI is InChI=1S/C14H23NO/c1-9(2)13(15)8-16-14-7-11(4)10(3)6-12(14)5/h6-7,9,13H,8,15H2,1-5H3/t13-/m0/s1. The Balaban J connectivity index is 2.71. The number of aryl methyl sites for hydroxylation is 3. The lowest BCUT2D eigenvalue weighted by molar-refractivity contribution is 0.258. The van der Waals surface area contributed by atoms with Crippen LogP contribution < -0.4 is 10.5 Å². The van der Waals surface area contributed by atoms with Gasteiger partial charge in [0.1, 0.15) is 12.4 Å². The molecular weight excluding hydrogens is 198 g/mol. The van der Waals surface area contributed by atoms with E-state index in [0.717, 1.165) is 5.75 Å². The van der Waals surface area contributed by atoms with Crippen molar-refractivity contribution in [1.82, 2.24) is 0 Å². The molecule has 1 rings (SSSR count). The third-order valence-electron chi connectivity index (χ3n) is 3.08.